The minimum Gasteiger partial charge on any atom is -0.480 e. The first-order valence-corrected chi connectivity index (χ1v) is 8.23. The number of carbonyl (C=O) groups is 2. The molecular formula is C12H16N2O3S2. The molecule has 104 valence electrons. The fourth-order valence-electron chi connectivity index (χ4n) is 1.46. The number of rotatable bonds is 7. The van der Waals surface area contributed by atoms with Gasteiger partial charge in [-0.2, -0.15) is 11.8 Å². The Bertz CT molecular complexity index is 454. The summed E-state index contributed by atoms with van der Waals surface area (Å²) in [7, 11) is 0. The van der Waals surface area contributed by atoms with Gasteiger partial charge in [0.05, 0.1) is 5.56 Å². The van der Waals surface area contributed by atoms with E-state index < -0.39 is 17.9 Å². The van der Waals surface area contributed by atoms with Crippen molar-refractivity contribution in [2.75, 3.05) is 18.3 Å². The Balaban J connectivity index is 2.78. The average Bonchev–Trinajstić information content (AvgIpc) is 2.42. The van der Waals surface area contributed by atoms with Gasteiger partial charge in [-0.15, -0.1) is 11.8 Å². The third-order valence-electron chi connectivity index (χ3n) is 2.42. The first-order valence-electron chi connectivity index (χ1n) is 5.61. The van der Waals surface area contributed by atoms with Crippen LogP contribution in [0.1, 0.15) is 16.8 Å². The summed E-state index contributed by atoms with van der Waals surface area (Å²) < 4.78 is 0. The topological polar surface area (TPSA) is 79.3 Å². The fourth-order valence-corrected chi connectivity index (χ4v) is 2.47. The van der Waals surface area contributed by atoms with Crippen molar-refractivity contribution in [1.29, 1.82) is 0 Å². The zero-order chi connectivity index (χ0) is 14.3. The maximum absolute atomic E-state index is 12.1. The zero-order valence-corrected chi connectivity index (χ0v) is 12.4. The number of aromatic nitrogens is 1. The van der Waals surface area contributed by atoms with E-state index in [9.17, 15) is 9.59 Å². The van der Waals surface area contributed by atoms with Crippen molar-refractivity contribution in [1.82, 2.24) is 10.3 Å². The molecule has 2 N–H and O–H groups in total. The molecule has 7 heteroatoms. The number of pyridine rings is 1. The van der Waals surface area contributed by atoms with E-state index in [4.69, 9.17) is 5.11 Å². The number of carbonyl (C=O) groups excluding carboxylic acids is 1. The number of nitrogens with one attached hydrogen (secondary N) is 1. The van der Waals surface area contributed by atoms with Crippen molar-refractivity contribution in [3.63, 3.8) is 0 Å². The van der Waals surface area contributed by atoms with Crippen LogP contribution < -0.4 is 5.32 Å². The minimum absolute atomic E-state index is 0.397. The summed E-state index contributed by atoms with van der Waals surface area (Å²) in [5.74, 6) is -0.734. The quantitative estimate of drug-likeness (QED) is 0.747. The lowest BCUT2D eigenvalue weighted by molar-refractivity contribution is -0.139. The van der Waals surface area contributed by atoms with Crippen molar-refractivity contribution < 1.29 is 14.7 Å². The highest BCUT2D eigenvalue weighted by Gasteiger charge is 2.21. The molecule has 1 heterocycles. The van der Waals surface area contributed by atoms with E-state index in [-0.39, 0.29) is 0 Å². The lowest BCUT2D eigenvalue weighted by Gasteiger charge is -2.14. The molecule has 19 heavy (non-hydrogen) atoms. The van der Waals surface area contributed by atoms with E-state index >= 15 is 0 Å². The maximum atomic E-state index is 12.1. The van der Waals surface area contributed by atoms with E-state index in [1.54, 1.807) is 30.1 Å². The fraction of sp³-hybridized carbons (Fsp3) is 0.417. The number of hydrogen-bond donors (Lipinski definition) is 2. The first kappa shape index (κ1) is 15.8. The molecule has 0 aromatic carbocycles. The lowest BCUT2D eigenvalue weighted by atomic mass is 10.2. The summed E-state index contributed by atoms with van der Waals surface area (Å²) in [6.07, 6.45) is 5.72. The van der Waals surface area contributed by atoms with E-state index in [1.165, 1.54) is 11.8 Å². The number of amides is 1. The van der Waals surface area contributed by atoms with Crippen molar-refractivity contribution in [2.45, 2.75) is 17.5 Å². The molecule has 0 fully saturated rings. The Kier molecular flexibility index (Phi) is 6.72. The number of nitrogens with zero attached hydrogens (tertiary/aromatic N) is 1. The van der Waals surface area contributed by atoms with Gasteiger partial charge in [-0.25, -0.2) is 9.78 Å². The molecule has 1 amide bonds. The van der Waals surface area contributed by atoms with Gasteiger partial charge in [0.2, 0.25) is 0 Å². The lowest BCUT2D eigenvalue weighted by Crippen LogP contribution is -2.41. The smallest absolute Gasteiger partial charge is 0.326 e. The third-order valence-corrected chi connectivity index (χ3v) is 3.78. The molecule has 5 nitrogen and oxygen atoms in total. The molecule has 0 aliphatic rings. The second-order valence-electron chi connectivity index (χ2n) is 3.71. The molecule has 1 aromatic heterocycles. The van der Waals surface area contributed by atoms with Gasteiger partial charge < -0.3 is 10.4 Å². The largest absolute Gasteiger partial charge is 0.480 e. The van der Waals surface area contributed by atoms with Gasteiger partial charge in [-0.3, -0.25) is 4.79 Å². The van der Waals surface area contributed by atoms with Crippen molar-refractivity contribution >= 4 is 35.4 Å². The Morgan fingerprint density at radius 3 is 2.79 bits per heavy atom. The van der Waals surface area contributed by atoms with E-state index in [0.29, 0.717) is 22.8 Å². The normalized spacial score (nSPS) is 11.9. The average molecular weight is 300 g/mol. The first-order chi connectivity index (χ1) is 9.10. The molecule has 0 saturated carbocycles. The standard InChI is InChI=1S/C12H16N2O3S2/c1-18-7-5-9(12(16)17)14-10(15)8-4-3-6-13-11(8)19-2/h3-4,6,9H,5,7H2,1-2H3,(H,14,15)(H,16,17)/t9-/m0/s1. The van der Waals surface area contributed by atoms with Crippen LogP contribution in [0.5, 0.6) is 0 Å². The van der Waals surface area contributed by atoms with E-state index in [2.05, 4.69) is 10.3 Å². The van der Waals surface area contributed by atoms with Crippen LogP contribution >= 0.6 is 23.5 Å². The number of aliphatic carboxylic acids is 1. The third kappa shape index (κ3) is 4.76. The number of carboxylic acid groups (broad SMARTS) is 1. The summed E-state index contributed by atoms with van der Waals surface area (Å²) in [4.78, 5) is 27.2. The molecule has 1 atom stereocenters. The Hall–Kier alpha value is -1.21. The van der Waals surface area contributed by atoms with E-state index in [1.807, 2.05) is 12.5 Å². The van der Waals surface area contributed by atoms with Crippen molar-refractivity contribution in [2.24, 2.45) is 0 Å². The van der Waals surface area contributed by atoms with Gasteiger partial charge >= 0.3 is 5.97 Å². The van der Waals surface area contributed by atoms with Gasteiger partial charge in [0.1, 0.15) is 11.1 Å². The van der Waals surface area contributed by atoms with E-state index in [0.717, 1.165) is 0 Å². The minimum atomic E-state index is -1.02. The summed E-state index contributed by atoms with van der Waals surface area (Å²) >= 11 is 2.90. The Labute approximate surface area is 120 Å². The molecule has 0 bridgehead atoms. The predicted molar refractivity (Wildman–Crippen MR) is 77.9 cm³/mol. The van der Waals surface area contributed by atoms with Gasteiger partial charge in [0, 0.05) is 6.20 Å². The van der Waals surface area contributed by atoms with Crippen LogP contribution in [0.25, 0.3) is 0 Å². The van der Waals surface area contributed by atoms with Crippen LogP contribution in [0, 0.1) is 0 Å². The van der Waals surface area contributed by atoms with Crippen LogP contribution in [-0.2, 0) is 4.79 Å². The van der Waals surface area contributed by atoms with Gasteiger partial charge in [-0.1, -0.05) is 0 Å². The van der Waals surface area contributed by atoms with Crippen molar-refractivity contribution in [3.05, 3.63) is 23.9 Å². The molecule has 0 unspecified atom stereocenters. The summed E-state index contributed by atoms with van der Waals surface area (Å²) in [6.45, 7) is 0. The second kappa shape index (κ2) is 8.06. The van der Waals surface area contributed by atoms with Crippen LogP contribution in [0.3, 0.4) is 0 Å². The molecule has 0 radical (unpaired) electrons. The number of hydrogen-bond acceptors (Lipinski definition) is 5. The number of carboxylic acids is 1. The molecule has 0 spiro atoms. The Morgan fingerprint density at radius 1 is 1.47 bits per heavy atom. The summed E-state index contributed by atoms with van der Waals surface area (Å²) in [5.41, 5.74) is 0.408. The van der Waals surface area contributed by atoms with Crippen molar-refractivity contribution in [3.8, 4) is 0 Å². The molecule has 1 rings (SSSR count). The van der Waals surface area contributed by atoms with Gasteiger partial charge in [0.15, 0.2) is 0 Å². The summed E-state index contributed by atoms with van der Waals surface area (Å²) in [5, 5.41) is 12.2. The molecule has 0 saturated heterocycles. The summed E-state index contributed by atoms with van der Waals surface area (Å²) in [6, 6.07) is 2.43. The van der Waals surface area contributed by atoms with Crippen LogP contribution in [0.2, 0.25) is 0 Å². The van der Waals surface area contributed by atoms with Gasteiger partial charge in [0.25, 0.3) is 5.91 Å². The van der Waals surface area contributed by atoms with Crippen LogP contribution in [-0.4, -0.2) is 46.3 Å². The zero-order valence-electron chi connectivity index (χ0n) is 10.8. The van der Waals surface area contributed by atoms with Crippen LogP contribution in [0.4, 0.5) is 0 Å². The predicted octanol–water partition coefficient (Wildman–Crippen LogP) is 1.74. The molecule has 0 aliphatic heterocycles. The maximum Gasteiger partial charge on any atom is 0.326 e. The highest BCUT2D eigenvalue weighted by atomic mass is 32.2. The second-order valence-corrected chi connectivity index (χ2v) is 5.49. The highest BCUT2D eigenvalue weighted by molar-refractivity contribution is 7.98. The Morgan fingerprint density at radius 2 is 2.21 bits per heavy atom. The molecule has 0 aliphatic carbocycles. The SMILES string of the molecule is CSCC[C@H](NC(=O)c1cccnc1SC)C(=O)O. The molecular weight excluding hydrogens is 284 g/mol. The monoisotopic (exact) mass is 300 g/mol. The number of thioether (sulfide) groups is 2. The van der Waals surface area contributed by atoms with Crippen LogP contribution in [0.15, 0.2) is 23.4 Å². The highest BCUT2D eigenvalue weighted by Crippen LogP contribution is 2.16. The molecule has 1 aromatic rings. The van der Waals surface area contributed by atoms with Gasteiger partial charge in [-0.05, 0) is 36.8 Å².